The van der Waals surface area contributed by atoms with Crippen LogP contribution in [0.4, 0.5) is 0 Å². The van der Waals surface area contributed by atoms with Crippen molar-refractivity contribution < 1.29 is 14.3 Å². The van der Waals surface area contributed by atoms with E-state index in [0.29, 0.717) is 19.6 Å². The predicted octanol–water partition coefficient (Wildman–Crippen LogP) is 2.90. The summed E-state index contributed by atoms with van der Waals surface area (Å²) in [6, 6.07) is 0. The van der Waals surface area contributed by atoms with E-state index in [4.69, 9.17) is 9.47 Å². The van der Waals surface area contributed by atoms with Crippen LogP contribution in [0, 0.1) is 0 Å². The standard InChI is InChI=1S/C15H31NO3/c1-14(2,3)16-13(17)9-12-18-10-7-8-11-19-15(4,5)6/h7-12H2,1-6H3,(H,16,17). The third kappa shape index (κ3) is 15.3. The predicted molar refractivity (Wildman–Crippen MR) is 78.3 cm³/mol. The second-order valence-corrected chi connectivity index (χ2v) is 6.83. The van der Waals surface area contributed by atoms with Gasteiger partial charge in [0, 0.05) is 25.2 Å². The first kappa shape index (κ1) is 18.4. The largest absolute Gasteiger partial charge is 0.381 e. The second kappa shape index (κ2) is 8.54. The van der Waals surface area contributed by atoms with E-state index in [2.05, 4.69) is 26.1 Å². The minimum atomic E-state index is -0.165. The van der Waals surface area contributed by atoms with Crippen LogP contribution in [-0.4, -0.2) is 36.9 Å². The van der Waals surface area contributed by atoms with Crippen molar-refractivity contribution in [2.24, 2.45) is 0 Å². The molecule has 0 atom stereocenters. The van der Waals surface area contributed by atoms with Crippen LogP contribution in [0.3, 0.4) is 0 Å². The van der Waals surface area contributed by atoms with Crippen LogP contribution >= 0.6 is 0 Å². The van der Waals surface area contributed by atoms with Crippen LogP contribution < -0.4 is 5.32 Å². The van der Waals surface area contributed by atoms with E-state index in [0.717, 1.165) is 19.4 Å². The maximum Gasteiger partial charge on any atom is 0.222 e. The average molecular weight is 273 g/mol. The van der Waals surface area contributed by atoms with E-state index in [1.165, 1.54) is 0 Å². The number of carbonyl (C=O) groups excluding carboxylic acids is 1. The van der Waals surface area contributed by atoms with Crippen molar-refractivity contribution >= 4 is 5.91 Å². The Morgan fingerprint density at radius 3 is 2.05 bits per heavy atom. The molecule has 0 aliphatic heterocycles. The van der Waals surface area contributed by atoms with Gasteiger partial charge < -0.3 is 14.8 Å². The molecule has 0 bridgehead atoms. The van der Waals surface area contributed by atoms with Crippen LogP contribution in [0.2, 0.25) is 0 Å². The van der Waals surface area contributed by atoms with E-state index in [9.17, 15) is 4.79 Å². The summed E-state index contributed by atoms with van der Waals surface area (Å²) < 4.78 is 11.0. The van der Waals surface area contributed by atoms with Crippen LogP contribution in [-0.2, 0) is 14.3 Å². The lowest BCUT2D eigenvalue weighted by Crippen LogP contribution is -2.40. The van der Waals surface area contributed by atoms with Crippen molar-refractivity contribution in [3.05, 3.63) is 0 Å². The molecular formula is C15H31NO3. The lowest BCUT2D eigenvalue weighted by molar-refractivity contribution is -0.123. The van der Waals surface area contributed by atoms with Crippen molar-refractivity contribution in [1.29, 1.82) is 0 Å². The lowest BCUT2D eigenvalue weighted by Gasteiger charge is -2.20. The van der Waals surface area contributed by atoms with Gasteiger partial charge in [0.15, 0.2) is 0 Å². The summed E-state index contributed by atoms with van der Waals surface area (Å²) in [6.07, 6.45) is 2.39. The molecule has 114 valence electrons. The summed E-state index contributed by atoms with van der Waals surface area (Å²) in [5.74, 6) is 0.0450. The molecule has 0 spiro atoms. The summed E-state index contributed by atoms with van der Waals surface area (Å²) in [5, 5.41) is 2.91. The molecule has 0 saturated carbocycles. The van der Waals surface area contributed by atoms with Gasteiger partial charge in [0.25, 0.3) is 0 Å². The molecule has 0 aromatic carbocycles. The Labute approximate surface area is 118 Å². The molecule has 0 aromatic heterocycles. The molecule has 0 rings (SSSR count). The third-order valence-corrected chi connectivity index (χ3v) is 2.21. The van der Waals surface area contributed by atoms with Crippen molar-refractivity contribution in [3.8, 4) is 0 Å². The van der Waals surface area contributed by atoms with Gasteiger partial charge >= 0.3 is 0 Å². The van der Waals surface area contributed by atoms with E-state index in [1.807, 2.05) is 20.8 Å². The molecule has 0 aliphatic carbocycles. The number of rotatable bonds is 8. The van der Waals surface area contributed by atoms with E-state index >= 15 is 0 Å². The van der Waals surface area contributed by atoms with Gasteiger partial charge in [-0.1, -0.05) is 0 Å². The Morgan fingerprint density at radius 2 is 1.53 bits per heavy atom. The normalized spacial score (nSPS) is 12.5. The van der Waals surface area contributed by atoms with Crippen LogP contribution in [0.1, 0.15) is 60.8 Å². The smallest absolute Gasteiger partial charge is 0.222 e. The molecule has 1 N–H and O–H groups in total. The van der Waals surface area contributed by atoms with Crippen LogP contribution in [0.25, 0.3) is 0 Å². The quantitative estimate of drug-likeness (QED) is 0.692. The molecule has 0 heterocycles. The highest BCUT2D eigenvalue weighted by atomic mass is 16.5. The van der Waals surface area contributed by atoms with Crippen molar-refractivity contribution in [2.75, 3.05) is 19.8 Å². The SMILES string of the molecule is CC(C)(C)NC(=O)CCOCCCCOC(C)(C)C. The Morgan fingerprint density at radius 1 is 0.947 bits per heavy atom. The third-order valence-electron chi connectivity index (χ3n) is 2.21. The first-order valence-electron chi connectivity index (χ1n) is 7.13. The molecule has 0 fully saturated rings. The summed E-state index contributed by atoms with van der Waals surface area (Å²) in [5.41, 5.74) is -0.229. The minimum Gasteiger partial charge on any atom is -0.381 e. The number of unbranched alkanes of at least 4 members (excludes halogenated alkanes) is 1. The number of amides is 1. The highest BCUT2D eigenvalue weighted by Gasteiger charge is 2.13. The van der Waals surface area contributed by atoms with Gasteiger partial charge in [0.1, 0.15) is 0 Å². The van der Waals surface area contributed by atoms with Crippen molar-refractivity contribution in [1.82, 2.24) is 5.32 Å². The van der Waals surface area contributed by atoms with Gasteiger partial charge in [-0.25, -0.2) is 0 Å². The molecule has 19 heavy (non-hydrogen) atoms. The molecule has 1 amide bonds. The first-order chi connectivity index (χ1) is 8.60. The molecule has 4 nitrogen and oxygen atoms in total. The molecule has 0 aromatic rings. The average Bonchev–Trinajstić information content (AvgIpc) is 2.17. The zero-order chi connectivity index (χ0) is 14.9. The highest BCUT2D eigenvalue weighted by Crippen LogP contribution is 2.07. The summed E-state index contributed by atoms with van der Waals surface area (Å²) >= 11 is 0. The van der Waals surface area contributed by atoms with Gasteiger partial charge in [-0.15, -0.1) is 0 Å². The molecule has 0 unspecified atom stereocenters. The maximum absolute atomic E-state index is 11.5. The molecule has 0 radical (unpaired) electrons. The summed E-state index contributed by atoms with van der Waals surface area (Å²) in [4.78, 5) is 11.5. The number of carbonyl (C=O) groups is 1. The Bertz CT molecular complexity index is 251. The number of hydrogen-bond donors (Lipinski definition) is 1. The zero-order valence-corrected chi connectivity index (χ0v) is 13.5. The van der Waals surface area contributed by atoms with Gasteiger partial charge in [0.05, 0.1) is 12.2 Å². The second-order valence-electron chi connectivity index (χ2n) is 6.83. The minimum absolute atomic E-state index is 0.0450. The molecule has 0 aliphatic rings. The zero-order valence-electron chi connectivity index (χ0n) is 13.5. The Kier molecular flexibility index (Phi) is 8.26. The van der Waals surface area contributed by atoms with E-state index < -0.39 is 0 Å². The number of nitrogens with one attached hydrogen (secondary N) is 1. The van der Waals surface area contributed by atoms with Gasteiger partial charge in [-0.2, -0.15) is 0 Å². The van der Waals surface area contributed by atoms with Gasteiger partial charge in [0.2, 0.25) is 5.91 Å². The summed E-state index contributed by atoms with van der Waals surface area (Å²) in [7, 11) is 0. The van der Waals surface area contributed by atoms with E-state index in [1.54, 1.807) is 0 Å². The fourth-order valence-electron chi connectivity index (χ4n) is 1.43. The van der Waals surface area contributed by atoms with Gasteiger partial charge in [-0.05, 0) is 54.4 Å². The highest BCUT2D eigenvalue weighted by molar-refractivity contribution is 5.76. The van der Waals surface area contributed by atoms with Gasteiger partial charge in [-0.3, -0.25) is 4.79 Å². The molecular weight excluding hydrogens is 242 g/mol. The topological polar surface area (TPSA) is 47.6 Å². The molecule has 4 heteroatoms. The maximum atomic E-state index is 11.5. The van der Waals surface area contributed by atoms with Crippen LogP contribution in [0.5, 0.6) is 0 Å². The summed E-state index contributed by atoms with van der Waals surface area (Å²) in [6.45, 7) is 14.0. The van der Waals surface area contributed by atoms with Crippen molar-refractivity contribution in [3.63, 3.8) is 0 Å². The Balaban J connectivity index is 3.35. The number of ether oxygens (including phenoxy) is 2. The number of hydrogen-bond acceptors (Lipinski definition) is 3. The van der Waals surface area contributed by atoms with Crippen LogP contribution in [0.15, 0.2) is 0 Å². The van der Waals surface area contributed by atoms with Crippen molar-refractivity contribution in [2.45, 2.75) is 71.9 Å². The monoisotopic (exact) mass is 273 g/mol. The fourth-order valence-corrected chi connectivity index (χ4v) is 1.43. The first-order valence-corrected chi connectivity index (χ1v) is 7.13. The van der Waals surface area contributed by atoms with E-state index in [-0.39, 0.29) is 17.0 Å². The fraction of sp³-hybridized carbons (Fsp3) is 0.933. The Hall–Kier alpha value is -0.610. The molecule has 0 saturated heterocycles. The lowest BCUT2D eigenvalue weighted by atomic mass is 10.1.